The van der Waals surface area contributed by atoms with Crippen LogP contribution in [0.1, 0.15) is 48.0 Å². The molecule has 1 amide bonds. The topological polar surface area (TPSA) is 59.8 Å². The number of ether oxygens (including phenoxy) is 1. The van der Waals surface area contributed by atoms with E-state index in [1.165, 1.54) is 12.1 Å². The summed E-state index contributed by atoms with van der Waals surface area (Å²) >= 11 is 12.3. The Bertz CT molecular complexity index is 1220. The van der Waals surface area contributed by atoms with Crippen molar-refractivity contribution in [1.29, 1.82) is 0 Å². The van der Waals surface area contributed by atoms with Crippen LogP contribution in [-0.2, 0) is 4.74 Å². The Morgan fingerprint density at radius 3 is 2.61 bits per heavy atom. The van der Waals surface area contributed by atoms with E-state index in [4.69, 9.17) is 32.4 Å². The lowest BCUT2D eigenvalue weighted by atomic mass is 9.98. The van der Waals surface area contributed by atoms with Gasteiger partial charge in [0.15, 0.2) is 5.43 Å². The summed E-state index contributed by atoms with van der Waals surface area (Å²) in [6.45, 7) is 4.66. The molecule has 2 heterocycles. The molecule has 0 N–H and O–H groups in total. The quantitative estimate of drug-likeness (QED) is 0.446. The van der Waals surface area contributed by atoms with Gasteiger partial charge in [0, 0.05) is 13.2 Å². The molecule has 0 fully saturated rings. The zero-order valence-corrected chi connectivity index (χ0v) is 18.5. The van der Waals surface area contributed by atoms with Crippen molar-refractivity contribution in [3.8, 4) is 0 Å². The zero-order valence-electron chi connectivity index (χ0n) is 17.0. The molecule has 1 aliphatic heterocycles. The van der Waals surface area contributed by atoms with Gasteiger partial charge in [0.05, 0.1) is 33.1 Å². The Hall–Kier alpha value is -2.41. The zero-order chi connectivity index (χ0) is 22.3. The molecule has 3 aromatic rings. The predicted octanol–water partition coefficient (Wildman–Crippen LogP) is 5.60. The molecule has 0 unspecified atom stereocenters. The maximum Gasteiger partial charge on any atom is 0.290 e. The average molecular weight is 464 g/mol. The number of fused-ring (bicyclic) bond motifs is 2. The average Bonchev–Trinajstić information content (AvgIpc) is 3.00. The van der Waals surface area contributed by atoms with Crippen molar-refractivity contribution >= 4 is 40.1 Å². The molecule has 1 aliphatic rings. The Morgan fingerprint density at radius 1 is 1.13 bits per heavy atom. The van der Waals surface area contributed by atoms with Gasteiger partial charge in [-0.25, -0.2) is 4.39 Å². The molecular formula is C23H20Cl2FNO4. The second-order valence-corrected chi connectivity index (χ2v) is 8.48. The lowest BCUT2D eigenvalue weighted by Gasteiger charge is -2.25. The molecule has 0 saturated heterocycles. The lowest BCUT2D eigenvalue weighted by Crippen LogP contribution is -2.31. The fourth-order valence-corrected chi connectivity index (χ4v) is 4.11. The van der Waals surface area contributed by atoms with E-state index in [1.54, 1.807) is 23.1 Å². The van der Waals surface area contributed by atoms with Crippen LogP contribution in [0, 0.1) is 5.82 Å². The van der Waals surface area contributed by atoms with Crippen LogP contribution in [0.15, 0.2) is 45.6 Å². The van der Waals surface area contributed by atoms with Gasteiger partial charge < -0.3 is 14.1 Å². The summed E-state index contributed by atoms with van der Waals surface area (Å²) < 4.78 is 25.2. The Balaban J connectivity index is 1.84. The third-order valence-electron chi connectivity index (χ3n) is 5.18. The number of benzene rings is 2. The van der Waals surface area contributed by atoms with Gasteiger partial charge in [0.25, 0.3) is 5.91 Å². The maximum atomic E-state index is 13.8. The summed E-state index contributed by atoms with van der Waals surface area (Å²) in [5.41, 5.74) is 0.512. The van der Waals surface area contributed by atoms with Gasteiger partial charge >= 0.3 is 0 Å². The van der Waals surface area contributed by atoms with Crippen molar-refractivity contribution in [2.24, 2.45) is 0 Å². The number of hydrogen-bond donors (Lipinski definition) is 0. The number of nitrogens with zero attached hydrogens (tertiary/aromatic N) is 1. The first-order valence-corrected chi connectivity index (χ1v) is 10.7. The van der Waals surface area contributed by atoms with Crippen LogP contribution in [0.25, 0.3) is 11.0 Å². The highest BCUT2D eigenvalue weighted by molar-refractivity contribution is 6.42. The summed E-state index contributed by atoms with van der Waals surface area (Å²) in [5, 5.41) is 0.750. The van der Waals surface area contributed by atoms with E-state index in [0.717, 1.165) is 6.07 Å². The van der Waals surface area contributed by atoms with Crippen molar-refractivity contribution in [3.05, 3.63) is 79.4 Å². The van der Waals surface area contributed by atoms with E-state index >= 15 is 0 Å². The monoisotopic (exact) mass is 463 g/mol. The number of halogens is 3. The first-order valence-electron chi connectivity index (χ1n) is 9.91. The molecule has 1 aromatic heterocycles. The van der Waals surface area contributed by atoms with Crippen LogP contribution in [0.4, 0.5) is 4.39 Å². The van der Waals surface area contributed by atoms with Crippen molar-refractivity contribution in [1.82, 2.24) is 4.90 Å². The Kier molecular flexibility index (Phi) is 6.06. The molecule has 5 nitrogen and oxygen atoms in total. The van der Waals surface area contributed by atoms with E-state index in [2.05, 4.69) is 0 Å². The first-order chi connectivity index (χ1) is 14.8. The van der Waals surface area contributed by atoms with E-state index in [0.29, 0.717) is 35.2 Å². The number of rotatable bonds is 6. The molecule has 0 spiro atoms. The number of hydrogen-bond acceptors (Lipinski definition) is 4. The van der Waals surface area contributed by atoms with Gasteiger partial charge in [-0.05, 0) is 56.2 Å². The molecule has 31 heavy (non-hydrogen) atoms. The molecule has 4 rings (SSSR count). The molecule has 8 heteroatoms. The van der Waals surface area contributed by atoms with E-state index < -0.39 is 23.2 Å². The van der Waals surface area contributed by atoms with Gasteiger partial charge in [-0.15, -0.1) is 0 Å². The summed E-state index contributed by atoms with van der Waals surface area (Å²) in [6, 6.07) is 7.90. The summed E-state index contributed by atoms with van der Waals surface area (Å²) in [7, 11) is 0. The highest BCUT2D eigenvalue weighted by Gasteiger charge is 2.42. The minimum atomic E-state index is -0.722. The molecule has 1 atom stereocenters. The highest BCUT2D eigenvalue weighted by Crippen LogP contribution is 2.39. The van der Waals surface area contributed by atoms with Gasteiger partial charge in [0.1, 0.15) is 11.4 Å². The lowest BCUT2D eigenvalue weighted by molar-refractivity contribution is 0.0593. The van der Waals surface area contributed by atoms with Crippen LogP contribution in [0.2, 0.25) is 10.0 Å². The van der Waals surface area contributed by atoms with Crippen LogP contribution in [-0.4, -0.2) is 30.1 Å². The summed E-state index contributed by atoms with van der Waals surface area (Å²) in [4.78, 5) is 28.1. The van der Waals surface area contributed by atoms with Crippen molar-refractivity contribution < 1.29 is 18.3 Å². The third kappa shape index (κ3) is 4.07. The van der Waals surface area contributed by atoms with Crippen LogP contribution in [0.3, 0.4) is 0 Å². The third-order valence-corrected chi connectivity index (χ3v) is 5.92. The summed E-state index contributed by atoms with van der Waals surface area (Å²) in [6.07, 6.45) is 0.638. The summed E-state index contributed by atoms with van der Waals surface area (Å²) in [5.74, 6) is -0.998. The molecule has 0 bridgehead atoms. The highest BCUT2D eigenvalue weighted by atomic mass is 35.5. The standard InChI is InChI=1S/C23H20Cl2FNO4/c1-12(2)30-9-3-8-27-20(13-4-6-16(24)17(25)10-13)19-21(28)15-11-14(26)5-7-18(15)31-22(19)23(27)29/h4-7,10-12,20H,3,8-9H2,1-2H3/t20-/m1/s1. The Morgan fingerprint density at radius 2 is 1.90 bits per heavy atom. The van der Waals surface area contributed by atoms with E-state index in [9.17, 15) is 14.0 Å². The second-order valence-electron chi connectivity index (χ2n) is 7.66. The normalized spacial score (nSPS) is 15.9. The molecule has 0 saturated carbocycles. The van der Waals surface area contributed by atoms with Crippen LogP contribution < -0.4 is 5.43 Å². The fraction of sp³-hybridized carbons (Fsp3) is 0.304. The minimum absolute atomic E-state index is 0.0371. The van der Waals surface area contributed by atoms with Crippen molar-refractivity contribution in [2.45, 2.75) is 32.4 Å². The molecule has 162 valence electrons. The predicted molar refractivity (Wildman–Crippen MR) is 117 cm³/mol. The Labute approximate surface area is 188 Å². The minimum Gasteiger partial charge on any atom is -0.450 e. The number of amides is 1. The maximum absolute atomic E-state index is 13.8. The largest absolute Gasteiger partial charge is 0.450 e. The smallest absolute Gasteiger partial charge is 0.290 e. The molecular weight excluding hydrogens is 444 g/mol. The van der Waals surface area contributed by atoms with Crippen LogP contribution >= 0.6 is 23.2 Å². The van der Waals surface area contributed by atoms with Gasteiger partial charge in [-0.3, -0.25) is 9.59 Å². The van der Waals surface area contributed by atoms with Gasteiger partial charge in [-0.2, -0.15) is 0 Å². The number of carbonyl (C=O) groups excluding carboxylic acids is 1. The van der Waals surface area contributed by atoms with E-state index in [1.807, 2.05) is 13.8 Å². The second kappa shape index (κ2) is 8.61. The van der Waals surface area contributed by atoms with Crippen molar-refractivity contribution in [2.75, 3.05) is 13.2 Å². The van der Waals surface area contributed by atoms with Crippen LogP contribution in [0.5, 0.6) is 0 Å². The number of carbonyl (C=O) groups is 1. The van der Waals surface area contributed by atoms with E-state index in [-0.39, 0.29) is 28.4 Å². The van der Waals surface area contributed by atoms with Crippen molar-refractivity contribution in [3.63, 3.8) is 0 Å². The first kappa shape index (κ1) is 21.8. The molecule has 2 aromatic carbocycles. The fourth-order valence-electron chi connectivity index (χ4n) is 3.81. The van der Waals surface area contributed by atoms with Gasteiger partial charge in [0.2, 0.25) is 5.76 Å². The molecule has 0 aliphatic carbocycles. The molecule has 0 radical (unpaired) electrons. The van der Waals surface area contributed by atoms with Gasteiger partial charge in [-0.1, -0.05) is 29.3 Å². The SMILES string of the molecule is CC(C)OCCCN1C(=O)c2oc3ccc(F)cc3c(=O)c2[C@H]1c1ccc(Cl)c(Cl)c1.